The van der Waals surface area contributed by atoms with E-state index in [4.69, 9.17) is 9.97 Å². The summed E-state index contributed by atoms with van der Waals surface area (Å²) in [6.45, 7) is 0. The van der Waals surface area contributed by atoms with Gasteiger partial charge in [0.1, 0.15) is 0 Å². The van der Waals surface area contributed by atoms with Crippen LogP contribution in [-0.2, 0) is 0 Å². The quantitative estimate of drug-likeness (QED) is 0.178. The van der Waals surface area contributed by atoms with E-state index in [1.165, 1.54) is 58.8 Å². The molecule has 3 nitrogen and oxygen atoms in total. The Labute approximate surface area is 316 Å². The summed E-state index contributed by atoms with van der Waals surface area (Å²) in [6, 6.07) is 67.3. The fourth-order valence-electron chi connectivity index (χ4n) is 7.99. The van der Waals surface area contributed by atoms with Gasteiger partial charge in [0, 0.05) is 41.9 Å². The summed E-state index contributed by atoms with van der Waals surface area (Å²) in [5.74, 6) is 0.660. The lowest BCUT2D eigenvalue weighted by Gasteiger charge is -2.13. The maximum Gasteiger partial charge on any atom is 0.235 e. The van der Waals surface area contributed by atoms with Gasteiger partial charge in [-0.15, -0.1) is 11.3 Å². The molecule has 0 aliphatic heterocycles. The number of hydrogen-bond acceptors (Lipinski definition) is 3. The molecule has 0 saturated carbocycles. The van der Waals surface area contributed by atoms with Crippen LogP contribution in [0.1, 0.15) is 0 Å². The number of aromatic nitrogens is 3. The van der Waals surface area contributed by atoms with Crippen molar-refractivity contribution in [3.8, 4) is 50.6 Å². The van der Waals surface area contributed by atoms with E-state index >= 15 is 0 Å². The van der Waals surface area contributed by atoms with Gasteiger partial charge >= 0.3 is 0 Å². The minimum atomic E-state index is 0.660. The molecule has 0 atom stereocenters. The lowest BCUT2D eigenvalue weighted by molar-refractivity contribution is 1.01. The second-order valence-corrected chi connectivity index (χ2v) is 14.9. The lowest BCUT2D eigenvalue weighted by Crippen LogP contribution is -2.03. The maximum atomic E-state index is 5.35. The van der Waals surface area contributed by atoms with Crippen LogP contribution in [0, 0.1) is 0 Å². The Morgan fingerprint density at radius 2 is 0.889 bits per heavy atom. The molecule has 252 valence electrons. The normalized spacial score (nSPS) is 11.7. The minimum Gasteiger partial charge on any atom is -0.278 e. The van der Waals surface area contributed by atoms with Crippen LogP contribution in [-0.4, -0.2) is 14.5 Å². The average molecular weight is 706 g/mol. The Hall–Kier alpha value is -6.88. The van der Waals surface area contributed by atoms with Crippen LogP contribution in [0.25, 0.3) is 103 Å². The number of thiophene rings is 1. The van der Waals surface area contributed by atoms with Crippen LogP contribution in [0.2, 0.25) is 0 Å². The van der Waals surface area contributed by atoms with Crippen molar-refractivity contribution in [1.82, 2.24) is 14.5 Å². The summed E-state index contributed by atoms with van der Waals surface area (Å²) in [4.78, 5) is 10.5. The fraction of sp³-hybridized carbons (Fsp3) is 0. The Bertz CT molecular complexity index is 3210. The van der Waals surface area contributed by atoms with Crippen molar-refractivity contribution in [3.05, 3.63) is 188 Å². The molecule has 3 aromatic heterocycles. The molecule has 54 heavy (non-hydrogen) atoms. The van der Waals surface area contributed by atoms with Crippen LogP contribution in [0.3, 0.4) is 0 Å². The molecule has 0 fully saturated rings. The van der Waals surface area contributed by atoms with Crippen molar-refractivity contribution in [2.24, 2.45) is 0 Å². The molecule has 8 aromatic carbocycles. The molecule has 0 saturated heterocycles. The summed E-state index contributed by atoms with van der Waals surface area (Å²) < 4.78 is 4.88. The second kappa shape index (κ2) is 12.4. The van der Waals surface area contributed by atoms with Crippen LogP contribution in [0.5, 0.6) is 0 Å². The highest BCUT2D eigenvalue weighted by molar-refractivity contribution is 7.25. The number of fused-ring (bicyclic) bond motifs is 7. The van der Waals surface area contributed by atoms with Crippen LogP contribution in [0.4, 0.5) is 0 Å². The first-order valence-corrected chi connectivity index (χ1v) is 19.1. The molecule has 4 heteroatoms. The molecule has 0 aliphatic rings. The van der Waals surface area contributed by atoms with Crippen molar-refractivity contribution in [1.29, 1.82) is 0 Å². The van der Waals surface area contributed by atoms with Crippen molar-refractivity contribution in [2.75, 3.05) is 0 Å². The molecule has 0 aliphatic carbocycles. The van der Waals surface area contributed by atoms with Gasteiger partial charge in [0.25, 0.3) is 0 Å². The van der Waals surface area contributed by atoms with E-state index in [0.717, 1.165) is 38.8 Å². The molecule has 0 radical (unpaired) electrons. The van der Waals surface area contributed by atoms with Crippen LogP contribution in [0.15, 0.2) is 188 Å². The van der Waals surface area contributed by atoms with Crippen molar-refractivity contribution in [2.45, 2.75) is 0 Å². The summed E-state index contributed by atoms with van der Waals surface area (Å²) in [7, 11) is 0. The van der Waals surface area contributed by atoms with Crippen molar-refractivity contribution >= 4 is 64.2 Å². The zero-order valence-electron chi connectivity index (χ0n) is 29.1. The molecule has 11 rings (SSSR count). The van der Waals surface area contributed by atoms with Gasteiger partial charge < -0.3 is 0 Å². The average Bonchev–Trinajstić information content (AvgIpc) is 3.79. The van der Waals surface area contributed by atoms with Gasteiger partial charge in [-0.1, -0.05) is 140 Å². The number of hydrogen-bond donors (Lipinski definition) is 0. The highest BCUT2D eigenvalue weighted by Crippen LogP contribution is 2.39. The molecule has 0 bridgehead atoms. The smallest absolute Gasteiger partial charge is 0.235 e. The first-order chi connectivity index (χ1) is 26.7. The second-order valence-electron chi connectivity index (χ2n) is 13.8. The SMILES string of the molecule is c1ccc(-c2cccc(-c3nc(-n4c5ccccc5c5cc(-c6ccc(-c7ccc8sc9ccccc9c8c7)cc6)ccc54)nc4ccccc34)c2)cc1. The monoisotopic (exact) mass is 705 g/mol. The van der Waals surface area contributed by atoms with E-state index in [1.807, 2.05) is 11.3 Å². The predicted molar refractivity (Wildman–Crippen MR) is 229 cm³/mol. The fourth-order valence-corrected chi connectivity index (χ4v) is 9.08. The number of rotatable bonds is 5. The molecule has 0 N–H and O–H groups in total. The Balaban J connectivity index is 1.02. The van der Waals surface area contributed by atoms with E-state index in [0.29, 0.717) is 5.95 Å². The van der Waals surface area contributed by atoms with Gasteiger partial charge in [0.05, 0.1) is 22.2 Å². The molecule has 0 spiro atoms. The van der Waals surface area contributed by atoms with E-state index in [1.54, 1.807) is 0 Å². The van der Waals surface area contributed by atoms with Gasteiger partial charge in [-0.25, -0.2) is 9.97 Å². The first kappa shape index (κ1) is 30.7. The molecule has 3 heterocycles. The lowest BCUT2D eigenvalue weighted by atomic mass is 9.98. The highest BCUT2D eigenvalue weighted by Gasteiger charge is 2.18. The molecule has 11 aromatic rings. The van der Waals surface area contributed by atoms with Gasteiger partial charge in [-0.05, 0) is 81.9 Å². The van der Waals surface area contributed by atoms with E-state index in [-0.39, 0.29) is 0 Å². The van der Waals surface area contributed by atoms with Gasteiger partial charge in [0.15, 0.2) is 0 Å². The largest absolute Gasteiger partial charge is 0.278 e. The standard InChI is InChI=1S/C50H31N3S/c1-2-11-32(12-3-1)35-13-10-14-38(29-35)49-41-17-4-7-18-44(41)51-50(52-49)53-45-19-8-5-15-39(45)42-30-36(25-27-46(42)53)33-21-23-34(24-22-33)37-26-28-48-43(31-37)40-16-6-9-20-47(40)54-48/h1-31H. The van der Waals surface area contributed by atoms with E-state index in [2.05, 4.69) is 193 Å². The Morgan fingerprint density at radius 3 is 1.72 bits per heavy atom. The van der Waals surface area contributed by atoms with Gasteiger partial charge in [0.2, 0.25) is 5.95 Å². The highest BCUT2D eigenvalue weighted by atomic mass is 32.1. The van der Waals surface area contributed by atoms with E-state index < -0.39 is 0 Å². The first-order valence-electron chi connectivity index (χ1n) is 18.2. The third-order valence-electron chi connectivity index (χ3n) is 10.6. The number of benzene rings is 8. The van der Waals surface area contributed by atoms with Gasteiger partial charge in [-0.3, -0.25) is 4.57 Å². The zero-order chi connectivity index (χ0) is 35.6. The van der Waals surface area contributed by atoms with Crippen molar-refractivity contribution < 1.29 is 0 Å². The Kier molecular flexibility index (Phi) is 7.04. The summed E-state index contributed by atoms with van der Waals surface area (Å²) in [5, 5.41) is 6.02. The van der Waals surface area contributed by atoms with Crippen LogP contribution >= 0.6 is 11.3 Å². The molecular weight excluding hydrogens is 675 g/mol. The third kappa shape index (κ3) is 5.03. The summed E-state index contributed by atoms with van der Waals surface area (Å²) in [5.41, 5.74) is 12.2. The molecule has 0 amide bonds. The van der Waals surface area contributed by atoms with E-state index in [9.17, 15) is 0 Å². The third-order valence-corrected chi connectivity index (χ3v) is 11.8. The van der Waals surface area contributed by atoms with Crippen molar-refractivity contribution in [3.63, 3.8) is 0 Å². The Morgan fingerprint density at radius 1 is 0.333 bits per heavy atom. The zero-order valence-corrected chi connectivity index (χ0v) is 30.0. The number of nitrogens with zero attached hydrogens (tertiary/aromatic N) is 3. The molecular formula is C50H31N3S. The van der Waals surface area contributed by atoms with Gasteiger partial charge in [-0.2, -0.15) is 0 Å². The summed E-state index contributed by atoms with van der Waals surface area (Å²) in [6.07, 6.45) is 0. The van der Waals surface area contributed by atoms with Crippen LogP contribution < -0.4 is 0 Å². The maximum absolute atomic E-state index is 5.35. The predicted octanol–water partition coefficient (Wildman–Crippen LogP) is 13.8. The topological polar surface area (TPSA) is 30.7 Å². The minimum absolute atomic E-state index is 0.660. The number of para-hydroxylation sites is 2. The molecule has 0 unspecified atom stereocenters. The summed E-state index contributed by atoms with van der Waals surface area (Å²) >= 11 is 1.86.